The number of benzene rings is 1. The summed E-state index contributed by atoms with van der Waals surface area (Å²) in [5.41, 5.74) is 0.933. The van der Waals surface area contributed by atoms with Crippen LogP contribution in [0.5, 0.6) is 0 Å². The molecular formula is C22H23Cl2N5O. The maximum absolute atomic E-state index is 13.3. The van der Waals surface area contributed by atoms with Gasteiger partial charge in [0.05, 0.1) is 10.9 Å². The molecule has 3 aromatic rings. The number of aromatic nitrogens is 3. The fraction of sp³-hybridized carbons (Fsp3) is 0.318. The normalized spacial score (nSPS) is 17.6. The molecule has 0 aliphatic carbocycles. The number of hydrogen-bond acceptors (Lipinski definition) is 4. The number of rotatable bonds is 5. The number of aryl methyl sites for hydroxylation is 1. The molecule has 0 unspecified atom stereocenters. The first-order valence-electron chi connectivity index (χ1n) is 9.91. The number of halogens is 2. The smallest absolute Gasteiger partial charge is 0.225 e. The summed E-state index contributed by atoms with van der Waals surface area (Å²) in [6, 6.07) is 10.8. The number of hydrogen-bond donors (Lipinski definition) is 1. The molecule has 1 aliphatic heterocycles. The Hall–Kier alpha value is -2.57. The molecule has 3 heterocycles. The zero-order valence-corrected chi connectivity index (χ0v) is 18.1. The number of imidazole rings is 1. The van der Waals surface area contributed by atoms with E-state index in [1.165, 1.54) is 0 Å². The molecule has 1 N–H and O–H groups in total. The molecule has 0 spiro atoms. The van der Waals surface area contributed by atoms with Crippen LogP contribution in [0, 0.1) is 5.92 Å². The molecule has 6 nitrogen and oxygen atoms in total. The number of piperidine rings is 1. The number of pyridine rings is 1. The molecule has 156 valence electrons. The Kier molecular flexibility index (Phi) is 6.25. The lowest BCUT2D eigenvalue weighted by molar-refractivity contribution is -0.125. The van der Waals surface area contributed by atoms with Crippen molar-refractivity contribution in [2.24, 2.45) is 13.0 Å². The number of carbonyl (C=O) groups excluding carboxylic acids is 1. The van der Waals surface area contributed by atoms with Gasteiger partial charge in [-0.05, 0) is 42.7 Å². The van der Waals surface area contributed by atoms with Crippen LogP contribution in [0.15, 0.2) is 55.0 Å². The molecule has 0 saturated carbocycles. The van der Waals surface area contributed by atoms with Gasteiger partial charge in [0.25, 0.3) is 0 Å². The SMILES string of the molecule is Cn1ccnc1[C@@H](NC(=O)[C@H]1CCCN(c2ncccc2Cl)C1)c1ccc(Cl)cc1. The lowest BCUT2D eigenvalue weighted by Gasteiger charge is -2.34. The third-order valence-corrected chi connectivity index (χ3v) is 5.98. The van der Waals surface area contributed by atoms with E-state index in [4.69, 9.17) is 23.2 Å². The fourth-order valence-electron chi connectivity index (χ4n) is 3.86. The predicted molar refractivity (Wildman–Crippen MR) is 119 cm³/mol. The Morgan fingerprint density at radius 2 is 1.97 bits per heavy atom. The van der Waals surface area contributed by atoms with Crippen LogP contribution in [-0.4, -0.2) is 33.5 Å². The zero-order chi connectivity index (χ0) is 21.1. The van der Waals surface area contributed by atoms with Crippen molar-refractivity contribution in [1.29, 1.82) is 0 Å². The van der Waals surface area contributed by atoms with E-state index in [2.05, 4.69) is 20.2 Å². The Balaban J connectivity index is 1.54. The Labute approximate surface area is 185 Å². The summed E-state index contributed by atoms with van der Waals surface area (Å²) in [7, 11) is 1.92. The van der Waals surface area contributed by atoms with Gasteiger partial charge in [-0.15, -0.1) is 0 Å². The van der Waals surface area contributed by atoms with E-state index in [0.717, 1.165) is 36.6 Å². The van der Waals surface area contributed by atoms with Crippen LogP contribution < -0.4 is 10.2 Å². The zero-order valence-electron chi connectivity index (χ0n) is 16.6. The van der Waals surface area contributed by atoms with Crippen LogP contribution in [0.3, 0.4) is 0 Å². The van der Waals surface area contributed by atoms with Gasteiger partial charge >= 0.3 is 0 Å². The minimum atomic E-state index is -0.358. The Morgan fingerprint density at radius 1 is 1.17 bits per heavy atom. The van der Waals surface area contributed by atoms with E-state index in [1.807, 2.05) is 54.2 Å². The Morgan fingerprint density at radius 3 is 2.67 bits per heavy atom. The van der Waals surface area contributed by atoms with E-state index >= 15 is 0 Å². The maximum Gasteiger partial charge on any atom is 0.225 e. The fourth-order valence-corrected chi connectivity index (χ4v) is 4.23. The standard InChI is InChI=1S/C22H23Cl2N5O/c1-28-13-11-26-21(28)19(15-6-8-17(23)9-7-15)27-22(30)16-4-3-12-29(14-16)20-18(24)5-2-10-25-20/h2,5-11,13,16,19H,3-4,12,14H2,1H3,(H,27,30)/t16-,19-/m0/s1. The number of anilines is 1. The van der Waals surface area contributed by atoms with Crippen LogP contribution in [0.25, 0.3) is 0 Å². The van der Waals surface area contributed by atoms with Crippen molar-refractivity contribution in [3.8, 4) is 0 Å². The Bertz CT molecular complexity index is 1020. The molecule has 1 amide bonds. The first kappa shape index (κ1) is 20.7. The summed E-state index contributed by atoms with van der Waals surface area (Å²) in [4.78, 5) is 24.2. The predicted octanol–water partition coefficient (Wildman–Crippen LogP) is 4.24. The quantitative estimate of drug-likeness (QED) is 0.640. The lowest BCUT2D eigenvalue weighted by atomic mass is 9.96. The number of carbonyl (C=O) groups is 1. The molecule has 4 rings (SSSR count). The summed E-state index contributed by atoms with van der Waals surface area (Å²) >= 11 is 12.4. The van der Waals surface area contributed by atoms with Gasteiger partial charge in [-0.25, -0.2) is 9.97 Å². The molecule has 2 atom stereocenters. The molecule has 0 bridgehead atoms. The molecular weight excluding hydrogens is 421 g/mol. The average Bonchev–Trinajstić information content (AvgIpc) is 3.18. The minimum absolute atomic E-state index is 0.00490. The van der Waals surface area contributed by atoms with Crippen molar-refractivity contribution in [2.75, 3.05) is 18.0 Å². The van der Waals surface area contributed by atoms with Gasteiger partial charge in [0.15, 0.2) is 0 Å². The summed E-state index contributed by atoms with van der Waals surface area (Å²) in [6.07, 6.45) is 7.05. The van der Waals surface area contributed by atoms with Gasteiger partial charge in [-0.1, -0.05) is 35.3 Å². The van der Waals surface area contributed by atoms with Gasteiger partial charge in [-0.3, -0.25) is 4.79 Å². The van der Waals surface area contributed by atoms with Crippen molar-refractivity contribution in [1.82, 2.24) is 19.9 Å². The highest BCUT2D eigenvalue weighted by Gasteiger charge is 2.30. The van der Waals surface area contributed by atoms with Crippen molar-refractivity contribution in [3.63, 3.8) is 0 Å². The summed E-state index contributed by atoms with van der Waals surface area (Å²) < 4.78 is 1.92. The van der Waals surface area contributed by atoms with Crippen LogP contribution in [0.2, 0.25) is 10.0 Å². The molecule has 1 aliphatic rings. The second kappa shape index (κ2) is 9.06. The van der Waals surface area contributed by atoms with Gasteiger partial charge in [0, 0.05) is 43.8 Å². The second-order valence-corrected chi connectivity index (χ2v) is 8.33. The van der Waals surface area contributed by atoms with Gasteiger partial charge in [0.2, 0.25) is 5.91 Å². The van der Waals surface area contributed by atoms with Crippen molar-refractivity contribution in [2.45, 2.75) is 18.9 Å². The third-order valence-electron chi connectivity index (χ3n) is 5.44. The summed E-state index contributed by atoms with van der Waals surface area (Å²) in [5, 5.41) is 4.46. The number of nitrogens with zero attached hydrogens (tertiary/aromatic N) is 4. The summed E-state index contributed by atoms with van der Waals surface area (Å²) in [5.74, 6) is 1.34. The molecule has 8 heteroatoms. The maximum atomic E-state index is 13.3. The molecule has 1 aromatic carbocycles. The van der Waals surface area contributed by atoms with E-state index < -0.39 is 0 Å². The van der Waals surface area contributed by atoms with E-state index in [1.54, 1.807) is 12.4 Å². The highest BCUT2D eigenvalue weighted by molar-refractivity contribution is 6.33. The second-order valence-electron chi connectivity index (χ2n) is 7.48. The largest absolute Gasteiger partial charge is 0.355 e. The molecule has 2 aromatic heterocycles. The van der Waals surface area contributed by atoms with Crippen LogP contribution in [0.4, 0.5) is 5.82 Å². The average molecular weight is 444 g/mol. The third kappa shape index (κ3) is 4.45. The van der Waals surface area contributed by atoms with Gasteiger partial charge in [0.1, 0.15) is 17.7 Å². The molecule has 1 fully saturated rings. The highest BCUT2D eigenvalue weighted by Crippen LogP contribution is 2.29. The molecule has 1 saturated heterocycles. The first-order valence-corrected chi connectivity index (χ1v) is 10.7. The van der Waals surface area contributed by atoms with E-state index in [9.17, 15) is 4.79 Å². The topological polar surface area (TPSA) is 63.1 Å². The van der Waals surface area contributed by atoms with Gasteiger partial charge in [-0.2, -0.15) is 0 Å². The number of amides is 1. The highest BCUT2D eigenvalue weighted by atomic mass is 35.5. The number of nitrogens with one attached hydrogen (secondary N) is 1. The van der Waals surface area contributed by atoms with Crippen LogP contribution in [-0.2, 0) is 11.8 Å². The van der Waals surface area contributed by atoms with E-state index in [0.29, 0.717) is 16.6 Å². The molecule has 30 heavy (non-hydrogen) atoms. The van der Waals surface area contributed by atoms with Crippen molar-refractivity contribution < 1.29 is 4.79 Å². The monoisotopic (exact) mass is 443 g/mol. The van der Waals surface area contributed by atoms with Crippen molar-refractivity contribution in [3.05, 3.63) is 76.4 Å². The van der Waals surface area contributed by atoms with Gasteiger partial charge < -0.3 is 14.8 Å². The lowest BCUT2D eigenvalue weighted by Crippen LogP contribution is -2.44. The van der Waals surface area contributed by atoms with E-state index in [-0.39, 0.29) is 17.9 Å². The van der Waals surface area contributed by atoms with Crippen LogP contribution in [0.1, 0.15) is 30.3 Å². The minimum Gasteiger partial charge on any atom is -0.355 e. The van der Waals surface area contributed by atoms with Crippen LogP contribution >= 0.6 is 23.2 Å². The molecule has 0 radical (unpaired) electrons. The first-order chi connectivity index (χ1) is 14.5. The summed E-state index contributed by atoms with van der Waals surface area (Å²) in [6.45, 7) is 1.41. The van der Waals surface area contributed by atoms with Crippen molar-refractivity contribution >= 4 is 34.9 Å².